The van der Waals surface area contributed by atoms with Crippen molar-refractivity contribution in [3.8, 4) is 12.0 Å². The second-order valence-electron chi connectivity index (χ2n) is 6.11. The molecule has 30 heavy (non-hydrogen) atoms. The molecule has 0 aliphatic carbocycles. The summed E-state index contributed by atoms with van der Waals surface area (Å²) in [6, 6.07) is 4.93. The lowest BCUT2D eigenvalue weighted by molar-refractivity contribution is -0.137. The average molecular weight is 416 g/mol. The van der Waals surface area contributed by atoms with Crippen LogP contribution in [0.1, 0.15) is 40.3 Å². The van der Waals surface area contributed by atoms with Crippen LogP contribution in [0.3, 0.4) is 0 Å². The Bertz CT molecular complexity index is 1100. The molecule has 2 heterocycles. The molecule has 0 unspecified atom stereocenters. The summed E-state index contributed by atoms with van der Waals surface area (Å²) in [5.74, 6) is -0.108. The third-order valence-corrected chi connectivity index (χ3v) is 3.98. The number of nitrogens with zero attached hydrogens (tertiary/aromatic N) is 6. The van der Waals surface area contributed by atoms with Gasteiger partial charge in [-0.2, -0.15) is 28.1 Å². The smallest absolute Gasteiger partial charge is 0.356 e. The second kappa shape index (κ2) is 8.16. The van der Waals surface area contributed by atoms with E-state index in [4.69, 9.17) is 5.26 Å². The van der Waals surface area contributed by atoms with Crippen LogP contribution in [0.5, 0.6) is 0 Å². The summed E-state index contributed by atoms with van der Waals surface area (Å²) in [5, 5.41) is 18.5. The maximum atomic E-state index is 13.1. The van der Waals surface area contributed by atoms with E-state index >= 15 is 0 Å². The van der Waals surface area contributed by atoms with Crippen LogP contribution in [0.15, 0.2) is 36.7 Å². The highest BCUT2D eigenvalue weighted by Gasteiger charge is 2.32. The van der Waals surface area contributed by atoms with Gasteiger partial charge in [-0.15, -0.1) is 5.10 Å². The predicted molar refractivity (Wildman–Crippen MR) is 98.5 cm³/mol. The third kappa shape index (κ3) is 4.35. The first-order valence-corrected chi connectivity index (χ1v) is 8.58. The summed E-state index contributed by atoms with van der Waals surface area (Å²) in [7, 11) is 1.60. The Morgan fingerprint density at radius 1 is 1.23 bits per heavy atom. The summed E-state index contributed by atoms with van der Waals surface area (Å²) < 4.78 is 40.5. The molecule has 9 nitrogen and oxygen atoms in total. The zero-order valence-corrected chi connectivity index (χ0v) is 15.8. The molecule has 3 aromatic rings. The van der Waals surface area contributed by atoms with E-state index < -0.39 is 23.7 Å². The quantitative estimate of drug-likeness (QED) is 0.655. The fourth-order valence-electron chi connectivity index (χ4n) is 2.59. The molecule has 0 saturated heterocycles. The monoisotopic (exact) mass is 416 g/mol. The maximum Gasteiger partial charge on any atom is 0.416 e. The van der Waals surface area contributed by atoms with Gasteiger partial charge in [0, 0.05) is 25.0 Å². The van der Waals surface area contributed by atoms with Gasteiger partial charge in [-0.05, 0) is 31.2 Å². The van der Waals surface area contributed by atoms with Crippen LogP contribution < -0.4 is 10.6 Å². The molecule has 0 radical (unpaired) electrons. The number of halogens is 3. The van der Waals surface area contributed by atoms with E-state index in [-0.39, 0.29) is 28.8 Å². The molecule has 1 aromatic carbocycles. The minimum absolute atomic E-state index is 0.202. The summed E-state index contributed by atoms with van der Waals surface area (Å²) in [6.07, 6.45) is -1.69. The van der Waals surface area contributed by atoms with Crippen LogP contribution >= 0.6 is 0 Å². The number of nitriles is 1. The van der Waals surface area contributed by atoms with Gasteiger partial charge in [-0.1, -0.05) is 0 Å². The number of carbonyl (C=O) groups excluding carboxylic acids is 1. The minimum atomic E-state index is -4.69. The maximum absolute atomic E-state index is 13.1. The molecule has 1 amide bonds. The van der Waals surface area contributed by atoms with Gasteiger partial charge in [0.05, 0.1) is 23.2 Å². The third-order valence-electron chi connectivity index (χ3n) is 3.98. The largest absolute Gasteiger partial charge is 0.416 e. The molecule has 2 N–H and O–H groups in total. The SMILES string of the molecule is CNc1nc([C@H](C)NC(=O)c2cc(C#N)cc(C(F)(F)F)c2)n(-c2ncccn2)n1. The van der Waals surface area contributed by atoms with Gasteiger partial charge in [-0.25, -0.2) is 9.97 Å². The lowest BCUT2D eigenvalue weighted by atomic mass is 10.0. The van der Waals surface area contributed by atoms with Crippen molar-refractivity contribution in [2.45, 2.75) is 19.1 Å². The van der Waals surface area contributed by atoms with Gasteiger partial charge in [-0.3, -0.25) is 4.79 Å². The Morgan fingerprint density at radius 3 is 2.53 bits per heavy atom. The number of aromatic nitrogens is 5. The highest BCUT2D eigenvalue weighted by atomic mass is 19.4. The fourth-order valence-corrected chi connectivity index (χ4v) is 2.59. The molecule has 2 aromatic heterocycles. The number of alkyl halides is 3. The number of hydrogen-bond donors (Lipinski definition) is 2. The van der Waals surface area contributed by atoms with Crippen molar-refractivity contribution < 1.29 is 18.0 Å². The Hall–Kier alpha value is -4.01. The Morgan fingerprint density at radius 2 is 1.93 bits per heavy atom. The van der Waals surface area contributed by atoms with Gasteiger partial charge in [0.1, 0.15) is 0 Å². The first-order valence-electron chi connectivity index (χ1n) is 8.58. The summed E-state index contributed by atoms with van der Waals surface area (Å²) in [4.78, 5) is 25.0. The van der Waals surface area contributed by atoms with Gasteiger partial charge in [0.15, 0.2) is 5.82 Å². The van der Waals surface area contributed by atoms with E-state index in [0.29, 0.717) is 12.1 Å². The molecule has 0 bridgehead atoms. The first-order chi connectivity index (χ1) is 14.2. The normalized spacial score (nSPS) is 12.1. The lowest BCUT2D eigenvalue weighted by Gasteiger charge is -2.15. The topological polar surface area (TPSA) is 121 Å². The van der Waals surface area contributed by atoms with Crippen LogP contribution in [0, 0.1) is 11.3 Å². The standard InChI is InChI=1S/C18H15F3N8O/c1-10(14-27-16(23-2)28-29(14)17-24-4-3-5-25-17)26-15(30)12-6-11(9-22)7-13(8-12)18(19,20)21/h3-8,10H,1-2H3,(H,23,28)(H,26,30)/t10-/m0/s1. The zero-order valence-electron chi connectivity index (χ0n) is 15.8. The van der Waals surface area contributed by atoms with Gasteiger partial charge in [0.25, 0.3) is 11.9 Å². The number of anilines is 1. The highest BCUT2D eigenvalue weighted by Crippen LogP contribution is 2.30. The number of amides is 1. The summed E-state index contributed by atoms with van der Waals surface area (Å²) in [6.45, 7) is 1.58. The Kier molecular flexibility index (Phi) is 5.63. The fraction of sp³-hybridized carbons (Fsp3) is 0.222. The van der Waals surface area contributed by atoms with Crippen molar-refractivity contribution in [2.24, 2.45) is 0 Å². The second-order valence-corrected chi connectivity index (χ2v) is 6.11. The number of rotatable bonds is 5. The molecule has 0 fully saturated rings. The van der Waals surface area contributed by atoms with E-state index in [1.807, 2.05) is 0 Å². The van der Waals surface area contributed by atoms with Crippen LogP contribution in [0.25, 0.3) is 5.95 Å². The Balaban J connectivity index is 1.92. The van der Waals surface area contributed by atoms with Crippen molar-refractivity contribution in [3.63, 3.8) is 0 Å². The van der Waals surface area contributed by atoms with Crippen LogP contribution in [-0.2, 0) is 6.18 Å². The van der Waals surface area contributed by atoms with E-state index in [9.17, 15) is 18.0 Å². The van der Waals surface area contributed by atoms with Crippen molar-refractivity contribution in [1.29, 1.82) is 5.26 Å². The van der Waals surface area contributed by atoms with Crippen molar-refractivity contribution >= 4 is 11.9 Å². The molecule has 0 aliphatic heterocycles. The van der Waals surface area contributed by atoms with Crippen LogP contribution in [-0.4, -0.2) is 37.7 Å². The summed E-state index contributed by atoms with van der Waals surface area (Å²) in [5.41, 5.74) is -1.66. The van der Waals surface area contributed by atoms with E-state index in [2.05, 4.69) is 30.7 Å². The molecule has 12 heteroatoms. The number of nitrogens with one attached hydrogen (secondary N) is 2. The molecule has 1 atom stereocenters. The molecule has 0 aliphatic rings. The number of benzene rings is 1. The summed E-state index contributed by atoms with van der Waals surface area (Å²) >= 11 is 0. The Labute approximate surface area is 168 Å². The zero-order chi connectivity index (χ0) is 21.9. The molecular formula is C18H15F3N8O. The van der Waals surface area contributed by atoms with Gasteiger partial charge < -0.3 is 10.6 Å². The lowest BCUT2D eigenvalue weighted by Crippen LogP contribution is -2.29. The molecular weight excluding hydrogens is 401 g/mol. The van der Waals surface area contributed by atoms with Crippen molar-refractivity contribution in [2.75, 3.05) is 12.4 Å². The van der Waals surface area contributed by atoms with E-state index in [1.54, 1.807) is 26.1 Å². The van der Waals surface area contributed by atoms with Gasteiger partial charge in [0.2, 0.25) is 5.95 Å². The number of carbonyl (C=O) groups is 1. The van der Waals surface area contributed by atoms with Crippen molar-refractivity contribution in [3.05, 3.63) is 59.2 Å². The molecule has 154 valence electrons. The van der Waals surface area contributed by atoms with Crippen LogP contribution in [0.2, 0.25) is 0 Å². The minimum Gasteiger partial charge on any atom is -0.356 e. The molecule has 0 saturated carbocycles. The first kappa shape index (κ1) is 20.7. The van der Waals surface area contributed by atoms with E-state index in [0.717, 1.165) is 6.07 Å². The average Bonchev–Trinajstić information content (AvgIpc) is 3.18. The highest BCUT2D eigenvalue weighted by molar-refractivity contribution is 5.95. The predicted octanol–water partition coefficient (Wildman–Crippen LogP) is 2.48. The van der Waals surface area contributed by atoms with Crippen molar-refractivity contribution in [1.82, 2.24) is 30.0 Å². The van der Waals surface area contributed by atoms with E-state index in [1.165, 1.54) is 17.1 Å². The van der Waals surface area contributed by atoms with Crippen LogP contribution in [0.4, 0.5) is 19.1 Å². The molecule has 0 spiro atoms. The van der Waals surface area contributed by atoms with Gasteiger partial charge >= 0.3 is 6.18 Å². The molecule has 3 rings (SSSR count). The number of hydrogen-bond acceptors (Lipinski definition) is 7.